The van der Waals surface area contributed by atoms with Gasteiger partial charge in [-0.2, -0.15) is 0 Å². The van der Waals surface area contributed by atoms with Crippen molar-refractivity contribution < 1.29 is 5.11 Å². The number of anilines is 1. The Bertz CT molecular complexity index is 436. The molecule has 0 spiro atoms. The van der Waals surface area contributed by atoms with Crippen molar-refractivity contribution in [2.75, 3.05) is 37.7 Å². The Morgan fingerprint density at radius 2 is 2.15 bits per heavy atom. The fourth-order valence-electron chi connectivity index (χ4n) is 3.54. The van der Waals surface area contributed by atoms with Gasteiger partial charge < -0.3 is 10.0 Å². The quantitative estimate of drug-likeness (QED) is 0.896. The summed E-state index contributed by atoms with van der Waals surface area (Å²) in [5.41, 5.74) is 0. The number of aliphatic hydroxyl groups is 1. The number of rotatable bonds is 4. The first-order chi connectivity index (χ1) is 9.78. The van der Waals surface area contributed by atoms with E-state index in [0.717, 1.165) is 28.4 Å². The molecule has 20 heavy (non-hydrogen) atoms. The minimum atomic E-state index is 0.317. The number of thiazole rings is 1. The van der Waals surface area contributed by atoms with Crippen molar-refractivity contribution in [1.82, 2.24) is 9.88 Å². The van der Waals surface area contributed by atoms with Crippen molar-refractivity contribution in [3.05, 3.63) is 9.98 Å². The van der Waals surface area contributed by atoms with Crippen LogP contribution in [-0.2, 0) is 0 Å². The summed E-state index contributed by atoms with van der Waals surface area (Å²) in [5, 5.41) is 10.4. The Kier molecular flexibility index (Phi) is 4.96. The van der Waals surface area contributed by atoms with Crippen LogP contribution in [0.2, 0.25) is 0 Å². The Morgan fingerprint density at radius 3 is 2.80 bits per heavy atom. The highest BCUT2D eigenvalue weighted by Crippen LogP contribution is 2.33. The van der Waals surface area contributed by atoms with Crippen molar-refractivity contribution in [2.24, 2.45) is 5.92 Å². The summed E-state index contributed by atoms with van der Waals surface area (Å²) < 4.78 is 1.10. The predicted octanol–water partition coefficient (Wildman–Crippen LogP) is 2.58. The van der Waals surface area contributed by atoms with Crippen LogP contribution in [0.25, 0.3) is 0 Å². The molecule has 0 aliphatic carbocycles. The van der Waals surface area contributed by atoms with E-state index in [0.29, 0.717) is 18.6 Å². The molecule has 3 heterocycles. The molecule has 0 aromatic carbocycles. The summed E-state index contributed by atoms with van der Waals surface area (Å²) in [4.78, 5) is 9.56. The van der Waals surface area contributed by atoms with Crippen molar-refractivity contribution in [1.29, 1.82) is 0 Å². The van der Waals surface area contributed by atoms with E-state index in [1.807, 2.05) is 6.20 Å². The zero-order chi connectivity index (χ0) is 13.9. The molecule has 0 amide bonds. The lowest BCUT2D eigenvalue weighted by atomic mass is 9.88. The van der Waals surface area contributed by atoms with Gasteiger partial charge in [0.05, 0.1) is 9.98 Å². The summed E-state index contributed by atoms with van der Waals surface area (Å²) in [6.07, 6.45) is 6.65. The van der Waals surface area contributed by atoms with Gasteiger partial charge in [0.15, 0.2) is 5.13 Å². The SMILES string of the molecule is OCCC1CCN(c2ncc(Br)s2)CC1N1CCCC1. The lowest BCUT2D eigenvalue weighted by molar-refractivity contribution is 0.127. The maximum atomic E-state index is 9.32. The first-order valence-electron chi connectivity index (χ1n) is 7.49. The summed E-state index contributed by atoms with van der Waals surface area (Å²) in [7, 11) is 0. The molecule has 112 valence electrons. The minimum absolute atomic E-state index is 0.317. The lowest BCUT2D eigenvalue weighted by Crippen LogP contribution is -2.52. The fourth-order valence-corrected chi connectivity index (χ4v) is 4.75. The van der Waals surface area contributed by atoms with E-state index in [-0.39, 0.29) is 0 Å². The van der Waals surface area contributed by atoms with Crippen molar-refractivity contribution in [2.45, 2.75) is 31.7 Å². The van der Waals surface area contributed by atoms with Crippen LogP contribution in [0.3, 0.4) is 0 Å². The molecule has 2 aliphatic rings. The van der Waals surface area contributed by atoms with E-state index in [2.05, 4.69) is 30.7 Å². The van der Waals surface area contributed by atoms with E-state index in [1.54, 1.807) is 11.3 Å². The van der Waals surface area contributed by atoms with Gasteiger partial charge >= 0.3 is 0 Å². The zero-order valence-electron chi connectivity index (χ0n) is 11.7. The van der Waals surface area contributed by atoms with Gasteiger partial charge in [0.2, 0.25) is 0 Å². The second kappa shape index (κ2) is 6.73. The number of likely N-dealkylation sites (tertiary alicyclic amines) is 1. The van der Waals surface area contributed by atoms with E-state index in [1.165, 1.54) is 32.4 Å². The number of hydrogen-bond acceptors (Lipinski definition) is 5. The Morgan fingerprint density at radius 1 is 1.35 bits per heavy atom. The predicted molar refractivity (Wildman–Crippen MR) is 86.4 cm³/mol. The molecule has 1 aromatic heterocycles. The third-order valence-electron chi connectivity index (χ3n) is 4.57. The molecule has 2 saturated heterocycles. The van der Waals surface area contributed by atoms with E-state index in [4.69, 9.17) is 0 Å². The van der Waals surface area contributed by atoms with Gasteiger partial charge in [-0.25, -0.2) is 4.98 Å². The molecule has 2 aliphatic heterocycles. The fraction of sp³-hybridized carbons (Fsp3) is 0.786. The van der Waals surface area contributed by atoms with Crippen LogP contribution in [0, 0.1) is 5.92 Å². The Balaban J connectivity index is 1.71. The monoisotopic (exact) mass is 359 g/mol. The molecule has 2 fully saturated rings. The van der Waals surface area contributed by atoms with Gasteiger partial charge in [-0.15, -0.1) is 0 Å². The van der Waals surface area contributed by atoms with Crippen LogP contribution >= 0.6 is 27.3 Å². The molecule has 2 unspecified atom stereocenters. The highest BCUT2D eigenvalue weighted by Gasteiger charge is 2.34. The van der Waals surface area contributed by atoms with Crippen molar-refractivity contribution >= 4 is 32.4 Å². The molecular weight excluding hydrogens is 338 g/mol. The summed E-state index contributed by atoms with van der Waals surface area (Å²) in [6.45, 7) is 4.89. The Labute approximate surface area is 132 Å². The van der Waals surface area contributed by atoms with Crippen LogP contribution in [0.15, 0.2) is 9.98 Å². The summed E-state index contributed by atoms with van der Waals surface area (Å²) in [5.74, 6) is 0.637. The van der Waals surface area contributed by atoms with Gasteiger partial charge in [0.1, 0.15) is 0 Å². The largest absolute Gasteiger partial charge is 0.396 e. The maximum absolute atomic E-state index is 9.32. The number of aliphatic hydroxyl groups excluding tert-OH is 1. The van der Waals surface area contributed by atoms with Crippen LogP contribution in [-0.4, -0.2) is 53.8 Å². The first-order valence-corrected chi connectivity index (χ1v) is 9.10. The molecule has 3 rings (SSSR count). The standard InChI is InChI=1S/C14H22BrN3OS/c15-13-9-16-14(20-13)18-7-3-11(4-8-19)12(10-18)17-5-1-2-6-17/h9,11-12,19H,1-8,10H2. The zero-order valence-corrected chi connectivity index (χ0v) is 14.1. The normalized spacial score (nSPS) is 28.2. The average Bonchev–Trinajstić information content (AvgIpc) is 3.11. The highest BCUT2D eigenvalue weighted by atomic mass is 79.9. The molecule has 6 heteroatoms. The van der Waals surface area contributed by atoms with Gasteiger partial charge in [-0.1, -0.05) is 11.3 Å². The van der Waals surface area contributed by atoms with Gasteiger partial charge in [0.25, 0.3) is 0 Å². The highest BCUT2D eigenvalue weighted by molar-refractivity contribution is 9.11. The topological polar surface area (TPSA) is 39.6 Å². The third-order valence-corrected chi connectivity index (χ3v) is 6.10. The third kappa shape index (κ3) is 3.18. The molecule has 4 nitrogen and oxygen atoms in total. The average molecular weight is 360 g/mol. The van der Waals surface area contributed by atoms with Gasteiger partial charge in [0, 0.05) is 25.7 Å². The van der Waals surface area contributed by atoms with E-state index >= 15 is 0 Å². The number of hydrogen-bond donors (Lipinski definition) is 1. The second-order valence-electron chi connectivity index (χ2n) is 5.76. The van der Waals surface area contributed by atoms with Gasteiger partial charge in [-0.3, -0.25) is 4.90 Å². The van der Waals surface area contributed by atoms with E-state index in [9.17, 15) is 5.11 Å². The van der Waals surface area contributed by atoms with Crippen LogP contribution < -0.4 is 4.90 Å². The second-order valence-corrected chi connectivity index (χ2v) is 8.15. The molecule has 1 N–H and O–H groups in total. The summed E-state index contributed by atoms with van der Waals surface area (Å²) >= 11 is 5.22. The molecule has 0 bridgehead atoms. The lowest BCUT2D eigenvalue weighted by Gasteiger charge is -2.43. The molecule has 2 atom stereocenters. The van der Waals surface area contributed by atoms with Crippen LogP contribution in [0.5, 0.6) is 0 Å². The van der Waals surface area contributed by atoms with Crippen molar-refractivity contribution in [3.63, 3.8) is 0 Å². The van der Waals surface area contributed by atoms with Crippen LogP contribution in [0.4, 0.5) is 5.13 Å². The van der Waals surface area contributed by atoms with Gasteiger partial charge in [-0.05, 0) is 60.6 Å². The number of nitrogens with zero attached hydrogens (tertiary/aromatic N) is 3. The number of halogens is 1. The Hall–Kier alpha value is -0.170. The number of piperidine rings is 1. The minimum Gasteiger partial charge on any atom is -0.396 e. The smallest absolute Gasteiger partial charge is 0.186 e. The molecule has 0 saturated carbocycles. The molecule has 1 aromatic rings. The van der Waals surface area contributed by atoms with Crippen LogP contribution in [0.1, 0.15) is 25.7 Å². The number of aromatic nitrogens is 1. The molecule has 0 radical (unpaired) electrons. The maximum Gasteiger partial charge on any atom is 0.186 e. The van der Waals surface area contributed by atoms with Crippen molar-refractivity contribution in [3.8, 4) is 0 Å². The first kappa shape index (κ1) is 14.8. The van der Waals surface area contributed by atoms with E-state index < -0.39 is 0 Å². The molecular formula is C14H22BrN3OS. The summed E-state index contributed by atoms with van der Waals surface area (Å²) in [6, 6.07) is 0.584.